The van der Waals surface area contributed by atoms with Crippen molar-refractivity contribution in [2.24, 2.45) is 23.7 Å². The molecule has 2 nitrogen and oxygen atoms in total. The molecule has 0 atom stereocenters. The number of halogens is 1. The Morgan fingerprint density at radius 1 is 0.903 bits per heavy atom. The van der Waals surface area contributed by atoms with Crippen LogP contribution in [0.4, 0.5) is 4.39 Å². The van der Waals surface area contributed by atoms with E-state index in [1.165, 1.54) is 88.3 Å². The van der Waals surface area contributed by atoms with E-state index in [2.05, 4.69) is 24.3 Å². The summed E-state index contributed by atoms with van der Waals surface area (Å²) < 4.78 is 12.9. The van der Waals surface area contributed by atoms with Gasteiger partial charge < -0.3 is 0 Å². The molecule has 164 valence electrons. The predicted molar refractivity (Wildman–Crippen MR) is 124 cm³/mol. The SMILES string of the molecule is N#C/C(F)=C/C=C/C1CCC(C2CCC(CCCCc3ccc(C#N)cc3)CC2)CC1. The molecule has 0 N–H and O–H groups in total. The number of hydrogen-bond donors (Lipinski definition) is 0. The van der Waals surface area contributed by atoms with E-state index >= 15 is 0 Å². The van der Waals surface area contributed by atoms with Crippen molar-refractivity contribution in [3.8, 4) is 12.1 Å². The van der Waals surface area contributed by atoms with E-state index < -0.39 is 5.83 Å². The Hall–Kier alpha value is -2.39. The second-order valence-electron chi connectivity index (χ2n) is 9.52. The first kappa shape index (κ1) is 23.3. The van der Waals surface area contributed by atoms with Crippen molar-refractivity contribution in [3.63, 3.8) is 0 Å². The fourth-order valence-electron chi connectivity index (χ4n) is 5.60. The Kier molecular flexibility index (Phi) is 9.36. The molecular formula is C28H35FN2. The largest absolute Gasteiger partial charge is 0.199 e. The van der Waals surface area contributed by atoms with Crippen molar-refractivity contribution < 1.29 is 4.39 Å². The Bertz CT molecular complexity index is 808. The Balaban J connectivity index is 1.28. The molecule has 0 aliphatic heterocycles. The van der Waals surface area contributed by atoms with Gasteiger partial charge in [0.25, 0.3) is 0 Å². The van der Waals surface area contributed by atoms with Gasteiger partial charge in [-0.1, -0.05) is 50.0 Å². The number of hydrogen-bond acceptors (Lipinski definition) is 2. The van der Waals surface area contributed by atoms with E-state index in [1.807, 2.05) is 12.1 Å². The highest BCUT2D eigenvalue weighted by molar-refractivity contribution is 5.31. The van der Waals surface area contributed by atoms with Gasteiger partial charge in [-0.15, -0.1) is 0 Å². The molecule has 0 heterocycles. The quantitative estimate of drug-likeness (QED) is 0.245. The lowest BCUT2D eigenvalue weighted by molar-refractivity contribution is 0.151. The van der Waals surface area contributed by atoms with Crippen LogP contribution < -0.4 is 0 Å². The van der Waals surface area contributed by atoms with Crippen molar-refractivity contribution >= 4 is 0 Å². The van der Waals surface area contributed by atoms with Gasteiger partial charge in [-0.25, -0.2) is 0 Å². The zero-order valence-electron chi connectivity index (χ0n) is 18.6. The van der Waals surface area contributed by atoms with Gasteiger partial charge in [-0.2, -0.15) is 14.9 Å². The number of nitrogens with zero attached hydrogens (tertiary/aromatic N) is 2. The minimum atomic E-state index is -0.712. The van der Waals surface area contributed by atoms with Crippen LogP contribution in [-0.2, 0) is 6.42 Å². The first-order valence-corrected chi connectivity index (χ1v) is 12.1. The van der Waals surface area contributed by atoms with Crippen LogP contribution in [0.15, 0.2) is 48.3 Å². The molecular weight excluding hydrogens is 383 g/mol. The summed E-state index contributed by atoms with van der Waals surface area (Å²) in [5, 5.41) is 17.3. The van der Waals surface area contributed by atoms with Gasteiger partial charge in [-0.05, 0) is 98.8 Å². The van der Waals surface area contributed by atoms with Crippen LogP contribution in [-0.4, -0.2) is 0 Å². The molecule has 3 rings (SSSR count). The smallest absolute Gasteiger partial charge is 0.195 e. The molecule has 0 unspecified atom stereocenters. The van der Waals surface area contributed by atoms with Crippen molar-refractivity contribution in [1.29, 1.82) is 10.5 Å². The molecule has 0 saturated heterocycles. The van der Waals surface area contributed by atoms with E-state index in [0.717, 1.165) is 29.7 Å². The number of allylic oxidation sites excluding steroid dienone is 4. The number of nitriles is 2. The van der Waals surface area contributed by atoms with Crippen molar-refractivity contribution in [1.82, 2.24) is 0 Å². The minimum Gasteiger partial charge on any atom is -0.195 e. The second-order valence-corrected chi connectivity index (χ2v) is 9.52. The number of unbranched alkanes of at least 4 members (excludes halogenated alkanes) is 1. The van der Waals surface area contributed by atoms with Gasteiger partial charge >= 0.3 is 0 Å². The summed E-state index contributed by atoms with van der Waals surface area (Å²) in [7, 11) is 0. The molecule has 0 spiro atoms. The van der Waals surface area contributed by atoms with Gasteiger partial charge in [-0.3, -0.25) is 0 Å². The van der Waals surface area contributed by atoms with Crippen LogP contribution in [0.3, 0.4) is 0 Å². The van der Waals surface area contributed by atoms with Gasteiger partial charge in [0.15, 0.2) is 5.83 Å². The van der Waals surface area contributed by atoms with E-state index in [4.69, 9.17) is 10.5 Å². The van der Waals surface area contributed by atoms with Crippen molar-refractivity contribution in [3.05, 3.63) is 59.4 Å². The zero-order chi connectivity index (χ0) is 21.9. The lowest BCUT2D eigenvalue weighted by Gasteiger charge is -2.37. The summed E-state index contributed by atoms with van der Waals surface area (Å²) in [5.74, 6) is 2.55. The third-order valence-corrected chi connectivity index (χ3v) is 7.52. The highest BCUT2D eigenvalue weighted by atomic mass is 19.1. The first-order chi connectivity index (χ1) is 15.2. The molecule has 1 aromatic carbocycles. The van der Waals surface area contributed by atoms with E-state index in [9.17, 15) is 4.39 Å². The molecule has 2 saturated carbocycles. The molecule has 0 amide bonds. The van der Waals surface area contributed by atoms with Crippen LogP contribution in [0.1, 0.15) is 81.8 Å². The van der Waals surface area contributed by atoms with Crippen LogP contribution in [0.25, 0.3) is 0 Å². The van der Waals surface area contributed by atoms with Crippen LogP contribution >= 0.6 is 0 Å². The van der Waals surface area contributed by atoms with Crippen LogP contribution in [0, 0.1) is 46.3 Å². The third-order valence-electron chi connectivity index (χ3n) is 7.52. The Morgan fingerprint density at radius 2 is 1.55 bits per heavy atom. The zero-order valence-corrected chi connectivity index (χ0v) is 18.6. The molecule has 0 bridgehead atoms. The Morgan fingerprint density at radius 3 is 2.16 bits per heavy atom. The van der Waals surface area contributed by atoms with Crippen molar-refractivity contribution in [2.75, 3.05) is 0 Å². The van der Waals surface area contributed by atoms with Gasteiger partial charge in [0.2, 0.25) is 0 Å². The lowest BCUT2D eigenvalue weighted by Crippen LogP contribution is -2.25. The molecule has 3 heteroatoms. The average molecular weight is 419 g/mol. The molecule has 2 aliphatic rings. The maximum atomic E-state index is 12.9. The molecule has 1 aromatic rings. The van der Waals surface area contributed by atoms with Crippen LogP contribution in [0.2, 0.25) is 0 Å². The molecule has 0 radical (unpaired) electrons. The molecule has 31 heavy (non-hydrogen) atoms. The highest BCUT2D eigenvalue weighted by Crippen LogP contribution is 2.42. The summed E-state index contributed by atoms with van der Waals surface area (Å²) >= 11 is 0. The third kappa shape index (κ3) is 7.66. The normalized spacial score (nSPS) is 27.0. The monoisotopic (exact) mass is 418 g/mol. The van der Waals surface area contributed by atoms with Crippen LogP contribution in [0.5, 0.6) is 0 Å². The average Bonchev–Trinajstić information content (AvgIpc) is 2.83. The number of benzene rings is 1. The predicted octanol–water partition coefficient (Wildman–Crippen LogP) is 7.82. The van der Waals surface area contributed by atoms with Gasteiger partial charge in [0.05, 0.1) is 11.6 Å². The van der Waals surface area contributed by atoms with Gasteiger partial charge in [0, 0.05) is 0 Å². The summed E-state index contributed by atoms with van der Waals surface area (Å²) in [6.07, 6.45) is 20.8. The summed E-state index contributed by atoms with van der Waals surface area (Å²) in [4.78, 5) is 0. The van der Waals surface area contributed by atoms with E-state index in [-0.39, 0.29) is 0 Å². The maximum Gasteiger partial charge on any atom is 0.199 e. The highest BCUT2D eigenvalue weighted by Gasteiger charge is 2.30. The number of rotatable bonds is 8. The van der Waals surface area contributed by atoms with E-state index in [0.29, 0.717) is 5.92 Å². The fraction of sp³-hybridized carbons (Fsp3) is 0.571. The second kappa shape index (κ2) is 12.5. The van der Waals surface area contributed by atoms with Crippen molar-refractivity contribution in [2.45, 2.75) is 77.0 Å². The standard InChI is InChI=1S/C28H35FN2/c29-28(21-31)7-3-6-24-14-18-27(19-15-24)26-16-12-23(13-17-26)5-2-1-4-22-8-10-25(20-30)11-9-22/h3,6-11,23-24,26-27H,1-2,4-5,12-19H2/b6-3+,28-7-. The first-order valence-electron chi connectivity index (χ1n) is 12.1. The maximum absolute atomic E-state index is 12.9. The number of aryl methyl sites for hydroxylation is 1. The summed E-state index contributed by atoms with van der Waals surface area (Å²) in [6.45, 7) is 0. The Labute approximate surface area is 187 Å². The van der Waals surface area contributed by atoms with E-state index in [1.54, 1.807) is 6.08 Å². The molecule has 2 fully saturated rings. The fourth-order valence-corrected chi connectivity index (χ4v) is 5.60. The summed E-state index contributed by atoms with van der Waals surface area (Å²) in [5.41, 5.74) is 2.09. The van der Waals surface area contributed by atoms with Gasteiger partial charge in [0.1, 0.15) is 6.07 Å². The minimum absolute atomic E-state index is 0.548. The lowest BCUT2D eigenvalue weighted by atomic mass is 9.68. The summed E-state index contributed by atoms with van der Waals surface area (Å²) in [6, 6.07) is 11.7. The molecule has 2 aliphatic carbocycles. The topological polar surface area (TPSA) is 47.6 Å². The molecule has 0 aromatic heterocycles.